The van der Waals surface area contributed by atoms with Crippen LogP contribution in [0.3, 0.4) is 0 Å². The molecule has 0 aliphatic carbocycles. The van der Waals surface area contributed by atoms with Crippen molar-refractivity contribution in [3.63, 3.8) is 0 Å². The molecule has 0 amide bonds. The minimum absolute atomic E-state index is 0.177. The summed E-state index contributed by atoms with van der Waals surface area (Å²) in [6, 6.07) is 15.8. The van der Waals surface area contributed by atoms with E-state index in [9.17, 15) is 0 Å². The zero-order valence-electron chi connectivity index (χ0n) is 21.9. The van der Waals surface area contributed by atoms with Gasteiger partial charge >= 0.3 is 0 Å². The quantitative estimate of drug-likeness (QED) is 0.327. The van der Waals surface area contributed by atoms with E-state index in [0.29, 0.717) is 23.1 Å². The van der Waals surface area contributed by atoms with Crippen molar-refractivity contribution >= 4 is 17.3 Å². The fraction of sp³-hybridized carbons (Fsp3) is 0.379. The largest absolute Gasteiger partial charge is 0.493 e. The van der Waals surface area contributed by atoms with E-state index in [4.69, 9.17) is 41.0 Å². The second-order valence-electron chi connectivity index (χ2n) is 8.97. The van der Waals surface area contributed by atoms with Crippen molar-refractivity contribution in [1.82, 2.24) is 4.90 Å². The lowest BCUT2D eigenvalue weighted by atomic mass is 9.88. The third-order valence-corrected chi connectivity index (χ3v) is 7.17. The van der Waals surface area contributed by atoms with E-state index in [1.165, 1.54) is 16.7 Å². The normalized spacial score (nSPS) is 15.1. The van der Waals surface area contributed by atoms with Crippen LogP contribution in [-0.4, -0.2) is 53.0 Å². The van der Waals surface area contributed by atoms with Gasteiger partial charge in [0.1, 0.15) is 12.4 Å². The Balaban J connectivity index is 1.56. The zero-order chi connectivity index (χ0) is 26.4. The Hall–Kier alpha value is -3.29. The third-order valence-electron chi connectivity index (χ3n) is 6.86. The van der Waals surface area contributed by atoms with Crippen molar-refractivity contribution in [1.29, 1.82) is 0 Å². The maximum Gasteiger partial charge on any atom is 0.161 e. The number of anilines is 1. The Labute approximate surface area is 224 Å². The molecule has 1 heterocycles. The van der Waals surface area contributed by atoms with Crippen LogP contribution in [-0.2, 0) is 12.8 Å². The molecule has 2 N–H and O–H groups in total. The monoisotopic (exact) mass is 526 g/mol. The second kappa shape index (κ2) is 12.3. The summed E-state index contributed by atoms with van der Waals surface area (Å²) in [5.74, 6) is 3.56. The van der Waals surface area contributed by atoms with Gasteiger partial charge in [0.15, 0.2) is 23.0 Å². The number of ether oxygens (including phenoxy) is 5. The molecule has 0 saturated heterocycles. The van der Waals surface area contributed by atoms with Crippen molar-refractivity contribution in [3.8, 4) is 28.7 Å². The first kappa shape index (κ1) is 26.8. The molecule has 1 aliphatic rings. The molecule has 0 saturated carbocycles. The smallest absolute Gasteiger partial charge is 0.161 e. The minimum atomic E-state index is 0.177. The van der Waals surface area contributed by atoms with E-state index in [1.807, 2.05) is 12.1 Å². The number of nitrogens with two attached hydrogens (primary N) is 1. The molecule has 1 atom stereocenters. The van der Waals surface area contributed by atoms with Gasteiger partial charge in [0.2, 0.25) is 0 Å². The lowest BCUT2D eigenvalue weighted by molar-refractivity contribution is 0.143. The summed E-state index contributed by atoms with van der Waals surface area (Å²) < 4.78 is 28.2. The summed E-state index contributed by atoms with van der Waals surface area (Å²) >= 11 is 6.30. The highest BCUT2D eigenvalue weighted by Crippen LogP contribution is 2.40. The van der Waals surface area contributed by atoms with E-state index >= 15 is 0 Å². The van der Waals surface area contributed by atoms with Gasteiger partial charge in [-0.2, -0.15) is 0 Å². The molecular weight excluding hydrogens is 492 g/mol. The first-order valence-corrected chi connectivity index (χ1v) is 12.7. The molecule has 8 heteroatoms. The van der Waals surface area contributed by atoms with Gasteiger partial charge < -0.3 is 29.4 Å². The molecule has 198 valence electrons. The van der Waals surface area contributed by atoms with Crippen molar-refractivity contribution < 1.29 is 23.7 Å². The van der Waals surface area contributed by atoms with Gasteiger partial charge in [-0.1, -0.05) is 17.7 Å². The van der Waals surface area contributed by atoms with Crippen LogP contribution in [0.2, 0.25) is 5.02 Å². The van der Waals surface area contributed by atoms with Crippen LogP contribution in [0.1, 0.15) is 29.2 Å². The lowest BCUT2D eigenvalue weighted by Crippen LogP contribution is -2.38. The average Bonchev–Trinajstić information content (AvgIpc) is 2.92. The number of halogens is 1. The summed E-state index contributed by atoms with van der Waals surface area (Å²) in [4.78, 5) is 2.47. The predicted molar refractivity (Wildman–Crippen MR) is 147 cm³/mol. The number of hydrogen-bond acceptors (Lipinski definition) is 7. The summed E-state index contributed by atoms with van der Waals surface area (Å²) in [5, 5.41) is 0.556. The molecule has 0 aromatic heterocycles. The zero-order valence-corrected chi connectivity index (χ0v) is 22.6. The van der Waals surface area contributed by atoms with Gasteiger partial charge in [0, 0.05) is 30.9 Å². The Morgan fingerprint density at radius 1 is 0.838 bits per heavy atom. The number of hydrogen-bond donors (Lipinski definition) is 1. The Morgan fingerprint density at radius 3 is 2.27 bits per heavy atom. The Morgan fingerprint density at radius 2 is 1.54 bits per heavy atom. The van der Waals surface area contributed by atoms with E-state index in [1.54, 1.807) is 46.6 Å². The van der Waals surface area contributed by atoms with Crippen molar-refractivity contribution in [2.75, 3.05) is 53.9 Å². The number of fused-ring (bicyclic) bond motifs is 1. The van der Waals surface area contributed by atoms with Crippen LogP contribution in [0, 0.1) is 0 Å². The van der Waals surface area contributed by atoms with Gasteiger partial charge in [-0.25, -0.2) is 0 Å². The molecule has 1 aliphatic heterocycles. The SMILES string of the molecule is COc1ccc(CCC2c3cc(OC)c(OC)cc3CCN2CCOc2cc(N)ccc2Cl)cc1OC. The number of aryl methyl sites for hydroxylation is 1. The standard InChI is InChI=1S/C29H35ClN2O5/c1-33-25-10-6-19(15-27(25)34-2)5-9-24-22-18-29(36-4)28(35-3)16-20(22)11-12-32(24)13-14-37-26-17-21(31)7-8-23(26)30/h6-8,10,15-18,24H,5,9,11-14,31H2,1-4H3. The summed E-state index contributed by atoms with van der Waals surface area (Å²) in [6.07, 6.45) is 2.70. The molecule has 0 fully saturated rings. The molecule has 3 aromatic carbocycles. The lowest BCUT2D eigenvalue weighted by Gasteiger charge is -2.38. The van der Waals surface area contributed by atoms with E-state index in [-0.39, 0.29) is 6.04 Å². The molecule has 0 bridgehead atoms. The Kier molecular flexibility index (Phi) is 8.90. The fourth-order valence-electron chi connectivity index (χ4n) is 4.93. The first-order chi connectivity index (χ1) is 18.0. The van der Waals surface area contributed by atoms with Crippen LogP contribution in [0.25, 0.3) is 0 Å². The van der Waals surface area contributed by atoms with Crippen molar-refractivity contribution in [2.24, 2.45) is 0 Å². The number of nitrogens with zero attached hydrogens (tertiary/aromatic N) is 1. The van der Waals surface area contributed by atoms with Crippen LogP contribution >= 0.6 is 11.6 Å². The van der Waals surface area contributed by atoms with Gasteiger partial charge in [0.25, 0.3) is 0 Å². The van der Waals surface area contributed by atoms with Crippen molar-refractivity contribution in [2.45, 2.75) is 25.3 Å². The highest BCUT2D eigenvalue weighted by Gasteiger charge is 2.29. The highest BCUT2D eigenvalue weighted by molar-refractivity contribution is 6.32. The summed E-state index contributed by atoms with van der Waals surface area (Å²) in [7, 11) is 6.65. The van der Waals surface area contributed by atoms with Crippen LogP contribution < -0.4 is 29.4 Å². The highest BCUT2D eigenvalue weighted by atomic mass is 35.5. The van der Waals surface area contributed by atoms with Gasteiger partial charge in [-0.05, 0) is 72.4 Å². The van der Waals surface area contributed by atoms with E-state index in [0.717, 1.165) is 55.4 Å². The van der Waals surface area contributed by atoms with E-state index in [2.05, 4.69) is 23.1 Å². The minimum Gasteiger partial charge on any atom is -0.493 e. The molecule has 4 rings (SSSR count). The maximum atomic E-state index is 6.30. The van der Waals surface area contributed by atoms with Crippen LogP contribution in [0.15, 0.2) is 48.5 Å². The van der Waals surface area contributed by atoms with E-state index < -0.39 is 0 Å². The molecule has 3 aromatic rings. The molecular formula is C29H35ClN2O5. The van der Waals surface area contributed by atoms with Gasteiger partial charge in [-0.15, -0.1) is 0 Å². The number of methoxy groups -OCH3 is 4. The first-order valence-electron chi connectivity index (χ1n) is 12.3. The molecule has 0 spiro atoms. The number of benzene rings is 3. The maximum absolute atomic E-state index is 6.30. The summed E-state index contributed by atoms with van der Waals surface area (Å²) in [5.41, 5.74) is 10.3. The van der Waals surface area contributed by atoms with Crippen LogP contribution in [0.4, 0.5) is 5.69 Å². The number of nitrogen functional groups attached to an aromatic ring is 1. The fourth-order valence-corrected chi connectivity index (χ4v) is 5.10. The van der Waals surface area contributed by atoms with Gasteiger partial charge in [0.05, 0.1) is 33.5 Å². The van der Waals surface area contributed by atoms with Gasteiger partial charge in [-0.3, -0.25) is 4.90 Å². The molecule has 37 heavy (non-hydrogen) atoms. The third kappa shape index (κ3) is 6.17. The van der Waals surface area contributed by atoms with Crippen LogP contribution in [0.5, 0.6) is 28.7 Å². The molecule has 1 unspecified atom stereocenters. The average molecular weight is 527 g/mol. The topological polar surface area (TPSA) is 75.4 Å². The number of rotatable bonds is 11. The summed E-state index contributed by atoms with van der Waals surface area (Å²) in [6.45, 7) is 2.15. The molecule has 0 radical (unpaired) electrons. The predicted octanol–water partition coefficient (Wildman–Crippen LogP) is 5.57. The molecule has 7 nitrogen and oxygen atoms in total. The van der Waals surface area contributed by atoms with Crippen molar-refractivity contribution in [3.05, 3.63) is 70.2 Å². The Bertz CT molecular complexity index is 1220. The second-order valence-corrected chi connectivity index (χ2v) is 9.38.